The van der Waals surface area contributed by atoms with Crippen LogP contribution in [0.3, 0.4) is 0 Å². The minimum absolute atomic E-state index is 0.00405. The first-order chi connectivity index (χ1) is 10.2. The van der Waals surface area contributed by atoms with Crippen LogP contribution < -0.4 is 5.32 Å². The van der Waals surface area contributed by atoms with Gasteiger partial charge < -0.3 is 5.32 Å². The summed E-state index contributed by atoms with van der Waals surface area (Å²) in [6.45, 7) is 0. The summed E-state index contributed by atoms with van der Waals surface area (Å²) in [6.07, 6.45) is 5.51. The predicted octanol–water partition coefficient (Wildman–Crippen LogP) is 2.68. The molecular formula is C16H18FN3O. The third kappa shape index (κ3) is 3.12. The van der Waals surface area contributed by atoms with E-state index in [0.717, 1.165) is 25.0 Å². The molecule has 0 bridgehead atoms. The van der Waals surface area contributed by atoms with Gasteiger partial charge in [0.05, 0.1) is 17.9 Å². The zero-order chi connectivity index (χ0) is 14.7. The Morgan fingerprint density at radius 1 is 1.43 bits per heavy atom. The number of amides is 1. The number of benzene rings is 1. The van der Waals surface area contributed by atoms with Crippen molar-refractivity contribution in [2.75, 3.05) is 0 Å². The fraction of sp³-hybridized carbons (Fsp3) is 0.375. The van der Waals surface area contributed by atoms with Crippen LogP contribution in [-0.2, 0) is 17.6 Å². The number of aromatic nitrogens is 2. The van der Waals surface area contributed by atoms with Crippen molar-refractivity contribution in [2.45, 2.75) is 38.1 Å². The highest BCUT2D eigenvalue weighted by atomic mass is 19.1. The molecule has 2 aromatic rings. The molecule has 0 fully saturated rings. The molecule has 1 aliphatic carbocycles. The fourth-order valence-corrected chi connectivity index (χ4v) is 2.82. The van der Waals surface area contributed by atoms with E-state index in [9.17, 15) is 9.18 Å². The van der Waals surface area contributed by atoms with Crippen LogP contribution in [0.4, 0.5) is 4.39 Å². The SMILES string of the molecule is O=C(CCc1ccccc1F)NC1CCCc2cn[nH]c21. The molecule has 110 valence electrons. The Labute approximate surface area is 122 Å². The second-order valence-corrected chi connectivity index (χ2v) is 5.41. The maximum absolute atomic E-state index is 13.5. The van der Waals surface area contributed by atoms with Crippen LogP contribution in [0, 0.1) is 5.82 Å². The van der Waals surface area contributed by atoms with Crippen molar-refractivity contribution in [2.24, 2.45) is 0 Å². The molecule has 4 nitrogen and oxygen atoms in total. The van der Waals surface area contributed by atoms with Crippen molar-refractivity contribution < 1.29 is 9.18 Å². The highest BCUT2D eigenvalue weighted by Gasteiger charge is 2.23. The summed E-state index contributed by atoms with van der Waals surface area (Å²) in [4.78, 5) is 12.1. The summed E-state index contributed by atoms with van der Waals surface area (Å²) in [6, 6.07) is 6.58. The normalized spacial score (nSPS) is 17.3. The van der Waals surface area contributed by atoms with Gasteiger partial charge in [-0.15, -0.1) is 0 Å². The molecule has 5 heteroatoms. The predicted molar refractivity (Wildman–Crippen MR) is 77.1 cm³/mol. The van der Waals surface area contributed by atoms with Gasteiger partial charge >= 0.3 is 0 Å². The standard InChI is InChI=1S/C16H18FN3O/c17-13-6-2-1-4-11(13)8-9-15(21)19-14-7-3-5-12-10-18-20-16(12)14/h1-2,4,6,10,14H,3,5,7-9H2,(H,18,20)(H,19,21). The van der Waals surface area contributed by atoms with E-state index in [1.165, 1.54) is 11.6 Å². The van der Waals surface area contributed by atoms with Crippen molar-refractivity contribution in [3.63, 3.8) is 0 Å². The van der Waals surface area contributed by atoms with Crippen LogP contribution in [0.1, 0.15) is 42.1 Å². The average Bonchev–Trinajstić information content (AvgIpc) is 2.96. The van der Waals surface area contributed by atoms with Gasteiger partial charge in [-0.25, -0.2) is 4.39 Å². The van der Waals surface area contributed by atoms with E-state index in [4.69, 9.17) is 0 Å². The fourth-order valence-electron chi connectivity index (χ4n) is 2.82. The average molecular weight is 287 g/mol. The van der Waals surface area contributed by atoms with Crippen LogP contribution >= 0.6 is 0 Å². The number of H-pyrrole nitrogens is 1. The Morgan fingerprint density at radius 2 is 2.29 bits per heavy atom. The molecule has 1 heterocycles. The first-order valence-electron chi connectivity index (χ1n) is 7.29. The van der Waals surface area contributed by atoms with Crippen molar-refractivity contribution in [1.82, 2.24) is 15.5 Å². The second kappa shape index (κ2) is 6.08. The summed E-state index contributed by atoms with van der Waals surface area (Å²) in [5.74, 6) is -0.301. The monoisotopic (exact) mass is 287 g/mol. The third-order valence-electron chi connectivity index (χ3n) is 3.95. The van der Waals surface area contributed by atoms with Crippen LogP contribution in [-0.4, -0.2) is 16.1 Å². The van der Waals surface area contributed by atoms with Crippen LogP contribution in [0.2, 0.25) is 0 Å². The molecule has 0 saturated heterocycles. The zero-order valence-corrected chi connectivity index (χ0v) is 11.7. The molecule has 1 unspecified atom stereocenters. The van der Waals surface area contributed by atoms with Crippen molar-refractivity contribution >= 4 is 5.91 Å². The molecule has 0 spiro atoms. The second-order valence-electron chi connectivity index (χ2n) is 5.41. The molecule has 1 aromatic carbocycles. The summed E-state index contributed by atoms with van der Waals surface area (Å²) < 4.78 is 13.5. The first-order valence-corrected chi connectivity index (χ1v) is 7.29. The summed E-state index contributed by atoms with van der Waals surface area (Å²) in [5.41, 5.74) is 2.78. The molecule has 0 radical (unpaired) electrons. The largest absolute Gasteiger partial charge is 0.348 e. The summed E-state index contributed by atoms with van der Waals surface area (Å²) in [5, 5.41) is 10.0. The maximum Gasteiger partial charge on any atom is 0.220 e. The van der Waals surface area contributed by atoms with E-state index in [1.54, 1.807) is 18.2 Å². The van der Waals surface area contributed by atoms with Gasteiger partial charge in [0.1, 0.15) is 5.82 Å². The Balaban J connectivity index is 1.57. The molecular weight excluding hydrogens is 269 g/mol. The minimum atomic E-state index is -0.251. The number of carbonyl (C=O) groups is 1. The number of carbonyl (C=O) groups excluding carboxylic acids is 1. The van der Waals surface area contributed by atoms with Crippen LogP contribution in [0.15, 0.2) is 30.5 Å². The number of halogens is 1. The van der Waals surface area contributed by atoms with Crippen molar-refractivity contribution in [1.29, 1.82) is 0 Å². The van der Waals surface area contributed by atoms with Gasteiger partial charge in [-0.2, -0.15) is 5.10 Å². The first kappa shape index (κ1) is 13.8. The number of aromatic amines is 1. The van der Waals surface area contributed by atoms with Crippen LogP contribution in [0.25, 0.3) is 0 Å². The molecule has 0 aliphatic heterocycles. The van der Waals surface area contributed by atoms with Gasteiger partial charge in [0.15, 0.2) is 0 Å². The lowest BCUT2D eigenvalue weighted by atomic mass is 9.93. The van der Waals surface area contributed by atoms with Gasteiger partial charge in [0, 0.05) is 6.42 Å². The van der Waals surface area contributed by atoms with Gasteiger partial charge in [-0.3, -0.25) is 9.89 Å². The van der Waals surface area contributed by atoms with Gasteiger partial charge in [-0.1, -0.05) is 18.2 Å². The molecule has 1 aromatic heterocycles. The molecule has 1 atom stereocenters. The lowest BCUT2D eigenvalue weighted by Gasteiger charge is -2.22. The highest BCUT2D eigenvalue weighted by Crippen LogP contribution is 2.27. The Bertz CT molecular complexity index is 638. The summed E-state index contributed by atoms with van der Waals surface area (Å²) in [7, 11) is 0. The highest BCUT2D eigenvalue weighted by molar-refractivity contribution is 5.76. The minimum Gasteiger partial charge on any atom is -0.348 e. The van der Waals surface area contributed by atoms with Gasteiger partial charge in [0.2, 0.25) is 5.91 Å². The van der Waals surface area contributed by atoms with Crippen LogP contribution in [0.5, 0.6) is 0 Å². The van der Waals surface area contributed by atoms with Crippen molar-refractivity contribution in [3.05, 3.63) is 53.1 Å². The number of nitrogens with zero attached hydrogens (tertiary/aromatic N) is 1. The van der Waals surface area contributed by atoms with Gasteiger partial charge in [0.25, 0.3) is 0 Å². The van der Waals surface area contributed by atoms with Crippen molar-refractivity contribution in [3.8, 4) is 0 Å². The van der Waals surface area contributed by atoms with E-state index in [2.05, 4.69) is 15.5 Å². The number of nitrogens with one attached hydrogen (secondary N) is 2. The lowest BCUT2D eigenvalue weighted by molar-refractivity contribution is -0.121. The molecule has 1 amide bonds. The quantitative estimate of drug-likeness (QED) is 0.908. The smallest absolute Gasteiger partial charge is 0.220 e. The molecule has 21 heavy (non-hydrogen) atoms. The topological polar surface area (TPSA) is 57.8 Å². The van der Waals surface area contributed by atoms with E-state index >= 15 is 0 Å². The van der Waals surface area contributed by atoms with E-state index in [0.29, 0.717) is 18.4 Å². The Morgan fingerprint density at radius 3 is 3.14 bits per heavy atom. The number of aryl methyl sites for hydroxylation is 2. The summed E-state index contributed by atoms with van der Waals surface area (Å²) >= 11 is 0. The molecule has 2 N–H and O–H groups in total. The number of hydrogen-bond donors (Lipinski definition) is 2. The number of hydrogen-bond acceptors (Lipinski definition) is 2. The third-order valence-corrected chi connectivity index (χ3v) is 3.95. The Hall–Kier alpha value is -2.17. The van der Waals surface area contributed by atoms with E-state index < -0.39 is 0 Å². The number of fused-ring (bicyclic) bond motifs is 1. The molecule has 1 aliphatic rings. The molecule has 3 rings (SSSR count). The zero-order valence-electron chi connectivity index (χ0n) is 11.7. The number of rotatable bonds is 4. The van der Waals surface area contributed by atoms with E-state index in [1.807, 2.05) is 6.20 Å². The molecule has 0 saturated carbocycles. The maximum atomic E-state index is 13.5. The van der Waals surface area contributed by atoms with E-state index in [-0.39, 0.29) is 17.8 Å². The lowest BCUT2D eigenvalue weighted by Crippen LogP contribution is -2.31. The van der Waals surface area contributed by atoms with Gasteiger partial charge in [-0.05, 0) is 42.9 Å². The Kier molecular flexibility index (Phi) is 3.99.